The smallest absolute Gasteiger partial charge is 0.198 e. The zero-order valence-corrected chi connectivity index (χ0v) is 14.3. The topological polar surface area (TPSA) is 51.0 Å². The van der Waals surface area contributed by atoms with Crippen molar-refractivity contribution in [2.75, 3.05) is 11.9 Å². The highest BCUT2D eigenvalue weighted by molar-refractivity contribution is 14.1. The summed E-state index contributed by atoms with van der Waals surface area (Å²) in [7, 11) is 0. The molecule has 2 aromatic heterocycles. The highest BCUT2D eigenvalue weighted by Gasteiger charge is 2.15. The minimum atomic E-state index is 0.676. The molecular formula is C15H20IN3O. The molecule has 1 N–H and O–H groups in total. The van der Waals surface area contributed by atoms with E-state index in [1.54, 1.807) is 6.26 Å². The van der Waals surface area contributed by atoms with Crippen LogP contribution >= 0.6 is 22.6 Å². The molecule has 0 saturated carbocycles. The molecule has 5 heteroatoms. The molecule has 4 nitrogen and oxygen atoms in total. The third-order valence-electron chi connectivity index (χ3n) is 3.01. The lowest BCUT2D eigenvalue weighted by molar-refractivity contribution is 0.575. The number of hydrogen-bond donors (Lipinski definition) is 1. The van der Waals surface area contributed by atoms with Gasteiger partial charge < -0.3 is 9.73 Å². The molecule has 0 amide bonds. The highest BCUT2D eigenvalue weighted by atomic mass is 127. The van der Waals surface area contributed by atoms with Gasteiger partial charge in [-0.25, -0.2) is 9.97 Å². The van der Waals surface area contributed by atoms with Crippen LogP contribution in [-0.2, 0) is 6.42 Å². The number of hydrogen-bond acceptors (Lipinski definition) is 4. The van der Waals surface area contributed by atoms with E-state index in [9.17, 15) is 0 Å². The molecule has 20 heavy (non-hydrogen) atoms. The van der Waals surface area contributed by atoms with Crippen molar-refractivity contribution in [2.24, 2.45) is 0 Å². The first-order valence-corrected chi connectivity index (χ1v) is 8.10. The maximum atomic E-state index is 5.53. The third kappa shape index (κ3) is 3.31. The summed E-state index contributed by atoms with van der Waals surface area (Å²) in [5.41, 5.74) is 2.16. The number of nitrogens with one attached hydrogen (secondary N) is 1. The zero-order chi connectivity index (χ0) is 14.5. The molecule has 0 unspecified atom stereocenters. The first-order valence-electron chi connectivity index (χ1n) is 7.02. The lowest BCUT2D eigenvalue weighted by atomic mass is 10.2. The highest BCUT2D eigenvalue weighted by Crippen LogP contribution is 2.27. The lowest BCUT2D eigenvalue weighted by Gasteiger charge is -2.12. The van der Waals surface area contributed by atoms with Gasteiger partial charge in [0, 0.05) is 6.54 Å². The van der Waals surface area contributed by atoms with E-state index in [0.29, 0.717) is 5.82 Å². The van der Waals surface area contributed by atoms with Crippen molar-refractivity contribution in [3.05, 3.63) is 27.2 Å². The van der Waals surface area contributed by atoms with Gasteiger partial charge in [0.25, 0.3) is 0 Å². The van der Waals surface area contributed by atoms with E-state index in [0.717, 1.165) is 52.2 Å². The van der Waals surface area contributed by atoms with Crippen LogP contribution in [0.4, 0.5) is 5.82 Å². The molecule has 0 radical (unpaired) electrons. The van der Waals surface area contributed by atoms with Gasteiger partial charge in [-0.15, -0.1) is 0 Å². The monoisotopic (exact) mass is 385 g/mol. The summed E-state index contributed by atoms with van der Waals surface area (Å²) in [6, 6.07) is 1.94. The Hall–Kier alpha value is -1.11. The van der Waals surface area contributed by atoms with Crippen molar-refractivity contribution < 1.29 is 4.42 Å². The normalized spacial score (nSPS) is 10.8. The van der Waals surface area contributed by atoms with Crippen molar-refractivity contribution in [1.29, 1.82) is 0 Å². The number of halogens is 1. The van der Waals surface area contributed by atoms with Crippen molar-refractivity contribution in [3.63, 3.8) is 0 Å². The average molecular weight is 385 g/mol. The molecule has 0 atom stereocenters. The predicted octanol–water partition coefficient (Wildman–Crippen LogP) is 4.42. The van der Waals surface area contributed by atoms with Crippen LogP contribution in [-0.4, -0.2) is 16.5 Å². The Morgan fingerprint density at radius 2 is 2.05 bits per heavy atom. The van der Waals surface area contributed by atoms with Crippen LogP contribution in [0.15, 0.2) is 16.7 Å². The van der Waals surface area contributed by atoms with Gasteiger partial charge in [-0.05, 0) is 54.0 Å². The number of rotatable bonds is 6. The van der Waals surface area contributed by atoms with Crippen molar-refractivity contribution in [1.82, 2.24) is 9.97 Å². The van der Waals surface area contributed by atoms with Gasteiger partial charge in [-0.3, -0.25) is 0 Å². The van der Waals surface area contributed by atoms with Gasteiger partial charge in [0.2, 0.25) is 0 Å². The Kier molecular flexibility index (Phi) is 5.39. The molecule has 0 aliphatic rings. The van der Waals surface area contributed by atoms with Crippen LogP contribution in [0, 0.1) is 10.5 Å². The van der Waals surface area contributed by atoms with Gasteiger partial charge >= 0.3 is 0 Å². The average Bonchev–Trinajstić information content (AvgIpc) is 2.86. The van der Waals surface area contributed by atoms with Gasteiger partial charge in [-0.2, -0.15) is 0 Å². The van der Waals surface area contributed by atoms with Crippen molar-refractivity contribution in [2.45, 2.75) is 40.0 Å². The van der Waals surface area contributed by atoms with E-state index in [4.69, 9.17) is 4.42 Å². The van der Waals surface area contributed by atoms with E-state index < -0.39 is 0 Å². The SMILES string of the molecule is CCCNc1nc(-c2occc2C)nc(CCC)c1I. The molecule has 0 spiro atoms. The molecular weight excluding hydrogens is 365 g/mol. The molecule has 2 heterocycles. The second kappa shape index (κ2) is 7.06. The summed E-state index contributed by atoms with van der Waals surface area (Å²) in [5, 5.41) is 3.38. The molecule has 0 saturated heterocycles. The van der Waals surface area contributed by atoms with Crippen molar-refractivity contribution >= 4 is 28.4 Å². The summed E-state index contributed by atoms with van der Waals surface area (Å²) < 4.78 is 6.64. The summed E-state index contributed by atoms with van der Waals surface area (Å²) in [6.07, 6.45) is 4.77. The molecule has 2 rings (SSSR count). The fourth-order valence-corrected chi connectivity index (χ4v) is 2.66. The Bertz CT molecular complexity index is 580. The number of furan rings is 1. The first kappa shape index (κ1) is 15.3. The first-order chi connectivity index (χ1) is 9.67. The summed E-state index contributed by atoms with van der Waals surface area (Å²) in [4.78, 5) is 9.31. The Labute approximate surface area is 133 Å². The van der Waals surface area contributed by atoms with Gasteiger partial charge in [0.05, 0.1) is 15.5 Å². The van der Waals surface area contributed by atoms with Crippen LogP contribution in [0.3, 0.4) is 0 Å². The minimum absolute atomic E-state index is 0.676. The summed E-state index contributed by atoms with van der Waals surface area (Å²) >= 11 is 2.33. The maximum absolute atomic E-state index is 5.53. The van der Waals surface area contributed by atoms with E-state index in [2.05, 4.69) is 51.7 Å². The number of aromatic nitrogens is 2. The third-order valence-corrected chi connectivity index (χ3v) is 4.15. The standard InChI is InChI=1S/C15H20IN3O/c1-4-6-11-12(16)14(17-8-5-2)19-15(18-11)13-10(3)7-9-20-13/h7,9H,4-6,8H2,1-3H3,(H,17,18,19). The molecule has 0 fully saturated rings. The largest absolute Gasteiger partial charge is 0.461 e. The Morgan fingerprint density at radius 1 is 1.25 bits per heavy atom. The molecule has 108 valence electrons. The van der Waals surface area contributed by atoms with E-state index in [1.807, 2.05) is 13.0 Å². The zero-order valence-electron chi connectivity index (χ0n) is 12.2. The predicted molar refractivity (Wildman–Crippen MR) is 90.0 cm³/mol. The minimum Gasteiger partial charge on any atom is -0.461 e. The molecule has 0 aromatic carbocycles. The summed E-state index contributed by atoms with van der Waals surface area (Å²) in [6.45, 7) is 7.23. The quantitative estimate of drug-likeness (QED) is 0.748. The number of aryl methyl sites for hydroxylation is 2. The van der Waals surface area contributed by atoms with Crippen LogP contribution in [0.1, 0.15) is 37.9 Å². The number of nitrogens with zero attached hydrogens (tertiary/aromatic N) is 2. The van der Waals surface area contributed by atoms with Crippen LogP contribution in [0.25, 0.3) is 11.6 Å². The Morgan fingerprint density at radius 3 is 2.65 bits per heavy atom. The summed E-state index contributed by atoms with van der Waals surface area (Å²) in [5.74, 6) is 2.35. The Balaban J connectivity index is 2.46. The fraction of sp³-hybridized carbons (Fsp3) is 0.467. The maximum Gasteiger partial charge on any atom is 0.198 e. The van der Waals surface area contributed by atoms with Gasteiger partial charge in [-0.1, -0.05) is 20.3 Å². The van der Waals surface area contributed by atoms with Crippen LogP contribution in [0.5, 0.6) is 0 Å². The van der Waals surface area contributed by atoms with Gasteiger partial charge in [0.1, 0.15) is 5.82 Å². The van der Waals surface area contributed by atoms with E-state index in [-0.39, 0.29) is 0 Å². The van der Waals surface area contributed by atoms with E-state index in [1.165, 1.54) is 0 Å². The molecule has 0 bridgehead atoms. The molecule has 2 aromatic rings. The van der Waals surface area contributed by atoms with Gasteiger partial charge in [0.15, 0.2) is 11.6 Å². The fourth-order valence-electron chi connectivity index (χ4n) is 1.96. The van der Waals surface area contributed by atoms with Crippen LogP contribution < -0.4 is 5.32 Å². The second-order valence-corrected chi connectivity index (χ2v) is 5.84. The molecule has 0 aliphatic carbocycles. The number of anilines is 1. The second-order valence-electron chi connectivity index (χ2n) is 4.77. The lowest BCUT2D eigenvalue weighted by Crippen LogP contribution is -2.09. The van der Waals surface area contributed by atoms with Crippen molar-refractivity contribution in [3.8, 4) is 11.6 Å². The molecule has 0 aliphatic heterocycles. The van der Waals surface area contributed by atoms with Crippen LogP contribution in [0.2, 0.25) is 0 Å². The van der Waals surface area contributed by atoms with E-state index >= 15 is 0 Å².